The van der Waals surface area contributed by atoms with Crippen molar-refractivity contribution >= 4 is 28.3 Å². The van der Waals surface area contributed by atoms with Gasteiger partial charge in [-0.2, -0.15) is 0 Å². The lowest BCUT2D eigenvalue weighted by Crippen LogP contribution is -2.49. The smallest absolute Gasteiger partial charge is 0.315 e. The molecule has 186 valence electrons. The summed E-state index contributed by atoms with van der Waals surface area (Å²) in [7, 11) is 0. The fourth-order valence-electron chi connectivity index (χ4n) is 6.09. The molecule has 3 aliphatic rings. The van der Waals surface area contributed by atoms with Gasteiger partial charge in [-0.15, -0.1) is 11.3 Å². The van der Waals surface area contributed by atoms with E-state index in [4.69, 9.17) is 9.72 Å². The zero-order valence-electron chi connectivity index (χ0n) is 20.6. The van der Waals surface area contributed by atoms with Gasteiger partial charge in [0, 0.05) is 52.1 Å². The van der Waals surface area contributed by atoms with Crippen molar-refractivity contribution in [1.82, 2.24) is 20.2 Å². The second-order valence-corrected chi connectivity index (χ2v) is 11.2. The number of benzene rings is 1. The van der Waals surface area contributed by atoms with E-state index in [1.165, 1.54) is 47.8 Å². The topological polar surface area (TPSA) is 68.2 Å². The molecular formula is C28H36N4O2S. The van der Waals surface area contributed by atoms with E-state index in [9.17, 15) is 4.79 Å². The summed E-state index contributed by atoms with van der Waals surface area (Å²) in [5.74, 6) is 1.42. The van der Waals surface area contributed by atoms with Gasteiger partial charge in [-0.1, -0.05) is 0 Å². The molecule has 0 atom stereocenters. The van der Waals surface area contributed by atoms with Crippen LogP contribution in [0.3, 0.4) is 0 Å². The van der Waals surface area contributed by atoms with Gasteiger partial charge in [0.2, 0.25) is 0 Å². The van der Waals surface area contributed by atoms with Gasteiger partial charge in [0.1, 0.15) is 5.75 Å². The van der Waals surface area contributed by atoms with Gasteiger partial charge in [0.15, 0.2) is 0 Å². The highest BCUT2D eigenvalue weighted by molar-refractivity contribution is 7.07. The number of hydrogen-bond acceptors (Lipinski definition) is 4. The van der Waals surface area contributed by atoms with Crippen molar-refractivity contribution in [3.05, 3.63) is 34.8 Å². The molecule has 2 amide bonds. The minimum absolute atomic E-state index is 0.0216. The first-order valence-electron chi connectivity index (χ1n) is 13.5. The minimum Gasteiger partial charge on any atom is -0.494 e. The minimum atomic E-state index is 0.0216. The normalized spacial score (nSPS) is 23.0. The van der Waals surface area contributed by atoms with Crippen LogP contribution in [0.4, 0.5) is 4.79 Å². The van der Waals surface area contributed by atoms with Gasteiger partial charge in [-0.25, -0.2) is 9.78 Å². The molecule has 0 bridgehead atoms. The molecule has 6 nitrogen and oxygen atoms in total. The van der Waals surface area contributed by atoms with Crippen molar-refractivity contribution in [3.63, 3.8) is 0 Å². The predicted molar refractivity (Wildman–Crippen MR) is 141 cm³/mol. The Hall–Kier alpha value is -2.54. The van der Waals surface area contributed by atoms with Crippen LogP contribution >= 0.6 is 11.3 Å². The quantitative estimate of drug-likeness (QED) is 0.383. The Morgan fingerprint density at radius 3 is 2.40 bits per heavy atom. The van der Waals surface area contributed by atoms with Gasteiger partial charge in [-0.05, 0) is 83.3 Å². The van der Waals surface area contributed by atoms with E-state index in [2.05, 4.69) is 38.8 Å². The van der Waals surface area contributed by atoms with E-state index in [-0.39, 0.29) is 12.1 Å². The number of rotatable bonds is 7. The van der Waals surface area contributed by atoms with Gasteiger partial charge in [-0.3, -0.25) is 0 Å². The molecule has 0 unspecified atom stereocenters. The van der Waals surface area contributed by atoms with Crippen molar-refractivity contribution in [2.45, 2.75) is 95.2 Å². The van der Waals surface area contributed by atoms with E-state index in [0.717, 1.165) is 50.0 Å². The van der Waals surface area contributed by atoms with Crippen LogP contribution in [0, 0.1) is 0 Å². The molecular weight excluding hydrogens is 456 g/mol. The number of thiazole rings is 1. The van der Waals surface area contributed by atoms with E-state index in [1.807, 2.05) is 12.4 Å². The summed E-state index contributed by atoms with van der Waals surface area (Å²) < 4.78 is 8.55. The summed E-state index contributed by atoms with van der Waals surface area (Å²) >= 11 is 1.67. The average molecular weight is 493 g/mol. The second kappa shape index (κ2) is 9.84. The van der Waals surface area contributed by atoms with Crippen LogP contribution in [0.25, 0.3) is 22.2 Å². The second-order valence-electron chi connectivity index (χ2n) is 10.5. The number of nitrogens with one attached hydrogen (secondary N) is 2. The van der Waals surface area contributed by atoms with Gasteiger partial charge in [0.25, 0.3) is 0 Å². The average Bonchev–Trinajstić information content (AvgIpc) is 3.43. The third-order valence-electron chi connectivity index (χ3n) is 8.34. The summed E-state index contributed by atoms with van der Waals surface area (Å²) in [6, 6.07) is 7.82. The molecule has 3 saturated carbocycles. The van der Waals surface area contributed by atoms with Crippen molar-refractivity contribution in [2.75, 3.05) is 6.61 Å². The summed E-state index contributed by atoms with van der Waals surface area (Å²) in [6.07, 6.45) is 11.5. The molecule has 35 heavy (non-hydrogen) atoms. The van der Waals surface area contributed by atoms with Crippen LogP contribution in [0.15, 0.2) is 29.1 Å². The number of aromatic nitrogens is 2. The van der Waals surface area contributed by atoms with Gasteiger partial charge >= 0.3 is 6.03 Å². The Morgan fingerprint density at radius 1 is 1.06 bits per heavy atom. The number of carbonyl (C=O) groups is 1. The monoisotopic (exact) mass is 492 g/mol. The van der Waals surface area contributed by atoms with Crippen LogP contribution in [-0.4, -0.2) is 34.3 Å². The maximum absolute atomic E-state index is 12.4. The summed E-state index contributed by atoms with van der Waals surface area (Å²) in [6.45, 7) is 2.72. The molecule has 1 aromatic carbocycles. The predicted octanol–water partition coefficient (Wildman–Crippen LogP) is 6.77. The molecule has 3 aliphatic carbocycles. The fraction of sp³-hybridized carbons (Fsp3) is 0.571. The Labute approximate surface area is 211 Å². The van der Waals surface area contributed by atoms with Crippen molar-refractivity contribution in [1.29, 1.82) is 0 Å². The van der Waals surface area contributed by atoms with Crippen LogP contribution < -0.4 is 15.4 Å². The number of urea groups is 1. The number of ether oxygens (including phenoxy) is 1. The molecule has 0 spiro atoms. The third kappa shape index (κ3) is 4.44. The first-order valence-corrected chi connectivity index (χ1v) is 14.4. The lowest BCUT2D eigenvalue weighted by Gasteiger charge is -2.35. The zero-order valence-corrected chi connectivity index (χ0v) is 21.4. The molecule has 7 heteroatoms. The summed E-state index contributed by atoms with van der Waals surface area (Å²) in [4.78, 5) is 17.2. The van der Waals surface area contributed by atoms with Gasteiger partial charge in [0.05, 0.1) is 23.3 Å². The Bertz CT molecular complexity index is 1170. The van der Waals surface area contributed by atoms with Crippen molar-refractivity contribution in [3.8, 4) is 17.0 Å². The maximum Gasteiger partial charge on any atom is 0.315 e. The zero-order chi connectivity index (χ0) is 23.8. The number of amides is 2. The fourth-order valence-corrected chi connectivity index (χ4v) is 6.63. The summed E-state index contributed by atoms with van der Waals surface area (Å²) in [5, 5.41) is 9.87. The van der Waals surface area contributed by atoms with E-state index in [1.54, 1.807) is 11.3 Å². The number of nitrogens with zero attached hydrogens (tertiary/aromatic N) is 2. The lowest BCUT2D eigenvalue weighted by atomic mass is 9.81. The van der Waals surface area contributed by atoms with Crippen LogP contribution in [-0.2, 0) is 0 Å². The van der Waals surface area contributed by atoms with Crippen LogP contribution in [0.2, 0.25) is 0 Å². The molecule has 2 aromatic heterocycles. The molecule has 0 aliphatic heterocycles. The van der Waals surface area contributed by atoms with Gasteiger partial charge < -0.3 is 19.9 Å². The first kappa shape index (κ1) is 22.9. The Kier molecular flexibility index (Phi) is 6.44. The van der Waals surface area contributed by atoms with E-state index < -0.39 is 0 Å². The highest BCUT2D eigenvalue weighted by Gasteiger charge is 2.34. The van der Waals surface area contributed by atoms with E-state index in [0.29, 0.717) is 24.6 Å². The van der Waals surface area contributed by atoms with E-state index >= 15 is 0 Å². The molecule has 0 radical (unpaired) electrons. The largest absolute Gasteiger partial charge is 0.494 e. The molecule has 0 saturated heterocycles. The summed E-state index contributed by atoms with van der Waals surface area (Å²) in [5.41, 5.74) is 7.11. The maximum atomic E-state index is 12.4. The molecule has 3 fully saturated rings. The Morgan fingerprint density at radius 2 is 1.80 bits per heavy atom. The Balaban J connectivity index is 1.31. The molecule has 2 heterocycles. The standard InChI is InChI=1S/C28H36N4O2S/c1-2-34-22-13-14-23-25(15-22)32(21-7-4-8-21)27(26(23)24-16-35-17-29-24)18-9-11-20(12-10-18)31-28(33)30-19-5-3-6-19/h13-21H,2-12H2,1H3,(H2,30,31,33). The van der Waals surface area contributed by atoms with Crippen LogP contribution in [0.5, 0.6) is 5.75 Å². The third-order valence-corrected chi connectivity index (χ3v) is 8.93. The first-order chi connectivity index (χ1) is 17.2. The van der Waals surface area contributed by atoms with Crippen molar-refractivity contribution < 1.29 is 9.53 Å². The number of hydrogen-bond donors (Lipinski definition) is 2. The van der Waals surface area contributed by atoms with Crippen molar-refractivity contribution in [2.24, 2.45) is 0 Å². The lowest BCUT2D eigenvalue weighted by molar-refractivity contribution is 0.218. The number of carbonyl (C=O) groups excluding carboxylic acids is 1. The molecule has 3 aromatic rings. The SMILES string of the molecule is CCOc1ccc2c(-c3cscn3)c(C3CCC(NC(=O)NC4CCC4)CC3)n(C3CCC3)c2c1. The number of fused-ring (bicyclic) bond motifs is 1. The highest BCUT2D eigenvalue weighted by atomic mass is 32.1. The highest BCUT2D eigenvalue weighted by Crippen LogP contribution is 2.48. The molecule has 2 N–H and O–H groups in total. The molecule has 6 rings (SSSR count). The van der Waals surface area contributed by atoms with Crippen LogP contribution in [0.1, 0.15) is 88.8 Å².